The highest BCUT2D eigenvalue weighted by Gasteiger charge is 2.43. The highest BCUT2D eigenvalue weighted by atomic mass is 79.9. The molecule has 0 aliphatic carbocycles. The van der Waals surface area contributed by atoms with E-state index in [0.29, 0.717) is 10.6 Å². The van der Waals surface area contributed by atoms with Gasteiger partial charge < -0.3 is 10.6 Å². The van der Waals surface area contributed by atoms with Crippen molar-refractivity contribution < 1.29 is 23.4 Å². The second-order valence-electron chi connectivity index (χ2n) is 8.17. The summed E-state index contributed by atoms with van der Waals surface area (Å²) >= 11 is 8.19. The molecule has 4 rings (SSSR count). The summed E-state index contributed by atoms with van der Waals surface area (Å²) in [6, 6.07) is 13.8. The number of urea groups is 2. The number of imide groups is 2. The number of amides is 6. The van der Waals surface area contributed by atoms with E-state index in [-0.39, 0.29) is 11.7 Å². The smallest absolute Gasteiger partial charge is 0.322 e. The summed E-state index contributed by atoms with van der Waals surface area (Å²) in [6.45, 7) is 3.28. The number of halogens is 2. The topological polar surface area (TPSA) is 133 Å². The van der Waals surface area contributed by atoms with Gasteiger partial charge in [-0.1, -0.05) is 31.9 Å². The fourth-order valence-electron chi connectivity index (χ4n) is 3.05. The predicted octanol–water partition coefficient (Wildman–Crippen LogP) is 3.29. The molecular weight excluding hydrogens is 624 g/mol. The summed E-state index contributed by atoms with van der Waals surface area (Å²) in [4.78, 5) is 47.0. The van der Waals surface area contributed by atoms with E-state index >= 15 is 0 Å². The maximum Gasteiger partial charge on any atom is 0.322 e. The molecule has 13 heteroatoms. The zero-order chi connectivity index (χ0) is 25.8. The standard InChI is InChI=1S/C11H11BrN2O3S.C11H11BrN2O2S/c1-11(9(15)13-10(16)14-11)6-18(17)8-4-2-7(12)3-5-8;1-11(9(15)13-10(16)14-11)6-17-8-4-2-7(12)3-5-8/h2-5H,6H2,1H3,(H2,13,14,15,16);2-5H,6H2,1H3,(H2,13,14,15,16). The van der Waals surface area contributed by atoms with Crippen LogP contribution in [0, 0.1) is 0 Å². The Kier molecular flexibility index (Phi) is 8.78. The van der Waals surface area contributed by atoms with Gasteiger partial charge in [0.15, 0.2) is 0 Å². The highest BCUT2D eigenvalue weighted by molar-refractivity contribution is 9.10. The van der Waals surface area contributed by atoms with Crippen LogP contribution in [0.5, 0.6) is 0 Å². The Balaban J connectivity index is 0.000000196. The molecule has 0 saturated carbocycles. The van der Waals surface area contributed by atoms with Crippen molar-refractivity contribution in [1.29, 1.82) is 0 Å². The van der Waals surface area contributed by atoms with Crippen molar-refractivity contribution in [2.24, 2.45) is 0 Å². The van der Waals surface area contributed by atoms with Crippen LogP contribution < -0.4 is 21.3 Å². The normalized spacial score (nSPS) is 24.0. The number of hydrogen-bond donors (Lipinski definition) is 4. The molecule has 186 valence electrons. The second-order valence-corrected chi connectivity index (χ2v) is 12.5. The summed E-state index contributed by atoms with van der Waals surface area (Å²) in [7, 11) is -1.35. The molecule has 0 aromatic heterocycles. The summed E-state index contributed by atoms with van der Waals surface area (Å²) in [6.07, 6.45) is 0. The fourth-order valence-corrected chi connectivity index (χ4v) is 5.90. The fraction of sp³-hybridized carbons (Fsp3) is 0.273. The number of carbonyl (C=O) groups is 4. The Labute approximate surface area is 225 Å². The van der Waals surface area contributed by atoms with Gasteiger partial charge in [0.25, 0.3) is 11.8 Å². The largest absolute Gasteiger partial charge is 0.323 e. The van der Waals surface area contributed by atoms with E-state index in [2.05, 4.69) is 53.1 Å². The SMILES string of the molecule is CC1(CS(=O)c2ccc(Br)cc2)NC(=O)NC1=O.CC1(CSc2ccc(Br)cc2)NC(=O)NC1=O. The van der Waals surface area contributed by atoms with E-state index in [0.717, 1.165) is 13.8 Å². The predicted molar refractivity (Wildman–Crippen MR) is 140 cm³/mol. The van der Waals surface area contributed by atoms with Gasteiger partial charge in [-0.05, 0) is 62.4 Å². The van der Waals surface area contributed by atoms with Crippen LogP contribution in [0.25, 0.3) is 0 Å². The highest BCUT2D eigenvalue weighted by Crippen LogP contribution is 2.25. The lowest BCUT2D eigenvalue weighted by Crippen LogP contribution is -2.48. The number of nitrogens with one attached hydrogen (secondary N) is 4. The quantitative estimate of drug-likeness (QED) is 0.282. The molecule has 2 aromatic carbocycles. The summed E-state index contributed by atoms with van der Waals surface area (Å²) in [5.41, 5.74) is -1.94. The van der Waals surface area contributed by atoms with Gasteiger partial charge in [0.05, 0.1) is 16.6 Å². The Morgan fingerprint density at radius 2 is 1.23 bits per heavy atom. The first-order chi connectivity index (χ1) is 16.4. The zero-order valence-corrected chi connectivity index (χ0v) is 23.5. The Hall–Kier alpha value is -2.22. The number of carbonyl (C=O) groups excluding carboxylic acids is 4. The minimum absolute atomic E-state index is 0.0478. The number of hydrogen-bond acceptors (Lipinski definition) is 6. The van der Waals surface area contributed by atoms with E-state index in [1.165, 1.54) is 11.8 Å². The molecule has 3 atom stereocenters. The molecule has 2 saturated heterocycles. The van der Waals surface area contributed by atoms with Gasteiger partial charge in [-0.2, -0.15) is 0 Å². The van der Waals surface area contributed by atoms with Gasteiger partial charge in [-0.25, -0.2) is 9.59 Å². The second kappa shape index (κ2) is 11.2. The van der Waals surface area contributed by atoms with Gasteiger partial charge >= 0.3 is 12.1 Å². The van der Waals surface area contributed by atoms with E-state index in [1.54, 1.807) is 38.1 Å². The molecule has 2 aromatic rings. The lowest BCUT2D eigenvalue weighted by molar-refractivity contribution is -0.123. The van der Waals surface area contributed by atoms with Crippen molar-refractivity contribution in [3.63, 3.8) is 0 Å². The van der Waals surface area contributed by atoms with E-state index in [9.17, 15) is 23.4 Å². The third-order valence-corrected chi connectivity index (χ3v) is 9.09. The van der Waals surface area contributed by atoms with E-state index in [4.69, 9.17) is 0 Å². The molecule has 2 aliphatic heterocycles. The lowest BCUT2D eigenvalue weighted by atomic mass is 10.1. The molecule has 2 fully saturated rings. The van der Waals surface area contributed by atoms with Crippen LogP contribution >= 0.6 is 43.6 Å². The minimum atomic E-state index is -1.35. The first kappa shape index (κ1) is 27.4. The average molecular weight is 646 g/mol. The van der Waals surface area contributed by atoms with Gasteiger partial charge in [0.1, 0.15) is 11.1 Å². The van der Waals surface area contributed by atoms with Crippen LogP contribution in [-0.4, -0.2) is 50.7 Å². The number of rotatable bonds is 6. The lowest BCUT2D eigenvalue weighted by Gasteiger charge is -2.19. The van der Waals surface area contributed by atoms with Crippen molar-refractivity contribution in [2.45, 2.75) is 34.7 Å². The number of benzene rings is 2. The van der Waals surface area contributed by atoms with Crippen molar-refractivity contribution in [3.05, 3.63) is 57.5 Å². The molecule has 0 spiro atoms. The number of thioether (sulfide) groups is 1. The molecule has 0 bridgehead atoms. The van der Waals surface area contributed by atoms with Crippen LogP contribution in [0.2, 0.25) is 0 Å². The van der Waals surface area contributed by atoms with Crippen molar-refractivity contribution in [2.75, 3.05) is 11.5 Å². The Bertz CT molecular complexity index is 1180. The van der Waals surface area contributed by atoms with E-state index in [1.807, 2.05) is 24.3 Å². The van der Waals surface area contributed by atoms with Gasteiger partial charge in [0.2, 0.25) is 0 Å². The van der Waals surface area contributed by atoms with Crippen LogP contribution in [0.15, 0.2) is 67.3 Å². The first-order valence-corrected chi connectivity index (χ1v) is 14.1. The molecule has 0 radical (unpaired) electrons. The minimum Gasteiger partial charge on any atom is -0.323 e. The van der Waals surface area contributed by atoms with Crippen molar-refractivity contribution in [1.82, 2.24) is 21.3 Å². The average Bonchev–Trinajstić information content (AvgIpc) is 3.20. The third kappa shape index (κ3) is 7.15. The molecule has 4 N–H and O–H groups in total. The molecule has 9 nitrogen and oxygen atoms in total. The molecule has 2 heterocycles. The molecule has 2 aliphatic rings. The molecule has 35 heavy (non-hydrogen) atoms. The van der Waals surface area contributed by atoms with Gasteiger partial charge in [-0.15, -0.1) is 11.8 Å². The maximum atomic E-state index is 12.1. The van der Waals surface area contributed by atoms with Crippen LogP contribution in [0.1, 0.15) is 13.8 Å². The first-order valence-electron chi connectivity index (χ1n) is 10.2. The molecule has 6 amide bonds. The summed E-state index contributed by atoms with van der Waals surface area (Å²) in [5.74, 6) is -0.164. The maximum absolute atomic E-state index is 12.1. The Morgan fingerprint density at radius 3 is 1.69 bits per heavy atom. The Morgan fingerprint density at radius 1 is 0.771 bits per heavy atom. The monoisotopic (exact) mass is 644 g/mol. The third-order valence-electron chi connectivity index (χ3n) is 5.07. The summed E-state index contributed by atoms with van der Waals surface area (Å²) in [5, 5.41) is 9.51. The van der Waals surface area contributed by atoms with Crippen LogP contribution in [0.4, 0.5) is 9.59 Å². The molecular formula is C22H22Br2N4O5S2. The summed E-state index contributed by atoms with van der Waals surface area (Å²) < 4.78 is 14.0. The molecule has 3 unspecified atom stereocenters. The van der Waals surface area contributed by atoms with Gasteiger partial charge in [0, 0.05) is 24.5 Å². The van der Waals surface area contributed by atoms with Crippen molar-refractivity contribution in [3.8, 4) is 0 Å². The van der Waals surface area contributed by atoms with Crippen molar-refractivity contribution >= 4 is 78.3 Å². The van der Waals surface area contributed by atoms with Crippen LogP contribution in [0.3, 0.4) is 0 Å². The van der Waals surface area contributed by atoms with E-state index < -0.39 is 39.8 Å². The van der Waals surface area contributed by atoms with Crippen LogP contribution in [-0.2, 0) is 20.4 Å². The zero-order valence-electron chi connectivity index (χ0n) is 18.6. The van der Waals surface area contributed by atoms with Gasteiger partial charge in [-0.3, -0.25) is 24.4 Å².